The quantitative estimate of drug-likeness (QED) is 0.508. The number of nitrogens with one attached hydrogen (secondary N) is 1. The molecule has 6 rings (SSSR count). The smallest absolute Gasteiger partial charge is 0.254 e. The number of carbonyl (C=O) groups excluding carboxylic acids is 1. The first-order valence-corrected chi connectivity index (χ1v) is 12.6. The highest BCUT2D eigenvalue weighted by atomic mass is 16.5. The molecule has 7 heteroatoms. The van der Waals surface area contributed by atoms with E-state index >= 15 is 0 Å². The van der Waals surface area contributed by atoms with Gasteiger partial charge in [-0.1, -0.05) is 42.5 Å². The number of methoxy groups -OCH3 is 2. The lowest BCUT2D eigenvalue weighted by Crippen LogP contribution is -2.36. The zero-order valence-corrected chi connectivity index (χ0v) is 21.3. The van der Waals surface area contributed by atoms with Gasteiger partial charge in [0.25, 0.3) is 5.91 Å². The van der Waals surface area contributed by atoms with Crippen molar-refractivity contribution in [2.45, 2.75) is 13.0 Å². The molecule has 7 nitrogen and oxygen atoms in total. The van der Waals surface area contributed by atoms with E-state index in [1.54, 1.807) is 20.4 Å². The molecule has 1 atom stereocenters. The van der Waals surface area contributed by atoms with Crippen LogP contribution in [0.2, 0.25) is 0 Å². The Morgan fingerprint density at radius 3 is 2.66 bits per heavy atom. The highest BCUT2D eigenvalue weighted by Gasteiger charge is 2.27. The number of ether oxygens (including phenoxy) is 2. The fourth-order valence-electron chi connectivity index (χ4n) is 5.10. The molecule has 1 unspecified atom stereocenters. The van der Waals surface area contributed by atoms with Crippen LogP contribution >= 0.6 is 0 Å². The Morgan fingerprint density at radius 2 is 1.82 bits per heavy atom. The lowest BCUT2D eigenvalue weighted by molar-refractivity contribution is 0.0734. The summed E-state index contributed by atoms with van der Waals surface area (Å²) in [6.45, 7) is 1.35. The second-order valence-electron chi connectivity index (χ2n) is 9.41. The Hall–Kier alpha value is -4.65. The minimum Gasteiger partial charge on any atom is -0.493 e. The van der Waals surface area contributed by atoms with Crippen LogP contribution in [0.3, 0.4) is 0 Å². The maximum absolute atomic E-state index is 13.5. The molecular formula is C31H28N4O3. The Kier molecular flexibility index (Phi) is 6.25. The topological polar surface area (TPSA) is 75.5 Å². The number of amidine groups is 1. The third kappa shape index (κ3) is 4.47. The van der Waals surface area contributed by atoms with Crippen molar-refractivity contribution in [2.75, 3.05) is 26.1 Å². The highest BCUT2D eigenvalue weighted by Crippen LogP contribution is 2.32. The van der Waals surface area contributed by atoms with E-state index in [-0.39, 0.29) is 11.8 Å². The SMILES string of the molecule is COc1ccc(NC2=NC(c3cccc(C(=O)N4CCc5ccccc5C4)c3)=CC3C=CN=C23)cc1OC. The van der Waals surface area contributed by atoms with Crippen molar-refractivity contribution in [3.63, 3.8) is 0 Å². The maximum Gasteiger partial charge on any atom is 0.254 e. The van der Waals surface area contributed by atoms with Crippen LogP contribution in [0.15, 0.2) is 95.1 Å². The molecule has 3 aromatic rings. The molecule has 0 spiro atoms. The third-order valence-corrected chi connectivity index (χ3v) is 7.10. The number of fused-ring (bicyclic) bond motifs is 2. The Bertz CT molecular complexity index is 1540. The Labute approximate surface area is 221 Å². The van der Waals surface area contributed by atoms with Crippen molar-refractivity contribution in [3.8, 4) is 11.5 Å². The molecule has 1 amide bonds. The Balaban J connectivity index is 1.27. The first-order valence-electron chi connectivity index (χ1n) is 12.6. The summed E-state index contributed by atoms with van der Waals surface area (Å²) in [7, 11) is 3.22. The molecule has 0 bridgehead atoms. The molecule has 0 radical (unpaired) electrons. The number of carbonyl (C=O) groups is 1. The van der Waals surface area contributed by atoms with Gasteiger partial charge in [0.15, 0.2) is 17.3 Å². The molecule has 0 saturated heterocycles. The summed E-state index contributed by atoms with van der Waals surface area (Å²) in [5, 5.41) is 3.40. The number of hydrogen-bond donors (Lipinski definition) is 1. The number of hydrogen-bond acceptors (Lipinski definition) is 6. The summed E-state index contributed by atoms with van der Waals surface area (Å²) < 4.78 is 10.8. The molecule has 190 valence electrons. The van der Waals surface area contributed by atoms with Crippen LogP contribution in [0.25, 0.3) is 5.70 Å². The summed E-state index contributed by atoms with van der Waals surface area (Å²) in [6.07, 6.45) is 6.81. The number of anilines is 1. The number of rotatable bonds is 5. The molecule has 0 aliphatic carbocycles. The van der Waals surface area contributed by atoms with Gasteiger partial charge in [-0.05, 0) is 47.9 Å². The van der Waals surface area contributed by atoms with Crippen LogP contribution in [-0.4, -0.2) is 43.1 Å². The number of benzene rings is 3. The first-order chi connectivity index (χ1) is 18.6. The van der Waals surface area contributed by atoms with Gasteiger partial charge in [0.05, 0.1) is 25.6 Å². The summed E-state index contributed by atoms with van der Waals surface area (Å²) in [6, 6.07) is 21.7. The number of amides is 1. The van der Waals surface area contributed by atoms with Crippen LogP contribution in [-0.2, 0) is 13.0 Å². The number of aliphatic imine (C=N–C) groups is 2. The van der Waals surface area contributed by atoms with Gasteiger partial charge in [-0.2, -0.15) is 0 Å². The van der Waals surface area contributed by atoms with Crippen molar-refractivity contribution >= 4 is 28.8 Å². The van der Waals surface area contributed by atoms with Crippen LogP contribution < -0.4 is 14.8 Å². The van der Waals surface area contributed by atoms with Crippen LogP contribution in [0.1, 0.15) is 27.0 Å². The second kappa shape index (κ2) is 10.0. The number of nitrogens with zero attached hydrogens (tertiary/aromatic N) is 3. The molecule has 3 heterocycles. The van der Waals surface area contributed by atoms with Crippen LogP contribution in [0.5, 0.6) is 11.5 Å². The molecule has 0 aromatic heterocycles. The molecule has 1 N–H and O–H groups in total. The summed E-state index contributed by atoms with van der Waals surface area (Å²) in [5.74, 6) is 1.98. The lowest BCUT2D eigenvalue weighted by Gasteiger charge is -2.29. The van der Waals surface area contributed by atoms with E-state index in [4.69, 9.17) is 14.5 Å². The van der Waals surface area contributed by atoms with Gasteiger partial charge < -0.3 is 19.7 Å². The van der Waals surface area contributed by atoms with Gasteiger partial charge in [0.2, 0.25) is 0 Å². The average molecular weight is 505 g/mol. The standard InChI is InChI=1S/C31H28N4O3/c1-37-27-11-10-25(18-28(27)38-2)33-30-29-22(12-14-32-29)17-26(34-30)21-8-5-9-23(16-21)31(36)35-15-13-20-6-3-4-7-24(20)19-35/h3-12,14,16-18,22H,13,15,19H2,1-2H3,(H,33,34). The summed E-state index contributed by atoms with van der Waals surface area (Å²) >= 11 is 0. The van der Waals surface area contributed by atoms with E-state index in [2.05, 4.69) is 34.6 Å². The van der Waals surface area contributed by atoms with Crippen molar-refractivity contribution in [3.05, 3.63) is 107 Å². The monoisotopic (exact) mass is 504 g/mol. The molecule has 0 saturated carbocycles. The van der Waals surface area contributed by atoms with Crippen LogP contribution in [0.4, 0.5) is 5.69 Å². The molecule has 3 aromatic carbocycles. The molecule has 0 fully saturated rings. The predicted molar refractivity (Wildman–Crippen MR) is 150 cm³/mol. The maximum atomic E-state index is 13.5. The first kappa shape index (κ1) is 23.7. The van der Waals surface area contributed by atoms with E-state index in [1.807, 2.05) is 59.5 Å². The average Bonchev–Trinajstić information content (AvgIpc) is 3.46. The van der Waals surface area contributed by atoms with Crippen molar-refractivity contribution in [2.24, 2.45) is 15.9 Å². The van der Waals surface area contributed by atoms with Crippen molar-refractivity contribution in [1.29, 1.82) is 0 Å². The molecule has 3 aliphatic rings. The van der Waals surface area contributed by atoms with Gasteiger partial charge in [-0.15, -0.1) is 0 Å². The Morgan fingerprint density at radius 1 is 0.974 bits per heavy atom. The fourth-order valence-corrected chi connectivity index (χ4v) is 5.10. The minimum absolute atomic E-state index is 0.00287. The van der Waals surface area contributed by atoms with Crippen molar-refractivity contribution in [1.82, 2.24) is 4.90 Å². The second-order valence-corrected chi connectivity index (χ2v) is 9.41. The lowest BCUT2D eigenvalue weighted by atomic mass is 9.96. The molecule has 3 aliphatic heterocycles. The normalized spacial score (nSPS) is 17.6. The van der Waals surface area contributed by atoms with Gasteiger partial charge in [0, 0.05) is 48.1 Å². The summed E-state index contributed by atoms with van der Waals surface area (Å²) in [5.41, 5.74) is 6.54. The zero-order chi connectivity index (χ0) is 26.1. The van der Waals surface area contributed by atoms with Gasteiger partial charge in [-0.25, -0.2) is 4.99 Å². The van der Waals surface area contributed by atoms with Gasteiger partial charge in [-0.3, -0.25) is 9.79 Å². The van der Waals surface area contributed by atoms with E-state index < -0.39 is 0 Å². The molecular weight excluding hydrogens is 476 g/mol. The van der Waals surface area contributed by atoms with Gasteiger partial charge >= 0.3 is 0 Å². The van der Waals surface area contributed by atoms with Crippen molar-refractivity contribution < 1.29 is 14.3 Å². The van der Waals surface area contributed by atoms with Crippen LogP contribution in [0, 0.1) is 5.92 Å². The zero-order valence-electron chi connectivity index (χ0n) is 21.3. The van der Waals surface area contributed by atoms with E-state index in [1.165, 1.54) is 11.1 Å². The van der Waals surface area contributed by atoms with E-state index in [9.17, 15) is 4.79 Å². The minimum atomic E-state index is 0.00287. The third-order valence-electron chi connectivity index (χ3n) is 7.10. The highest BCUT2D eigenvalue weighted by molar-refractivity contribution is 6.49. The largest absolute Gasteiger partial charge is 0.493 e. The van der Waals surface area contributed by atoms with E-state index in [0.29, 0.717) is 36.0 Å². The fraction of sp³-hybridized carbons (Fsp3) is 0.194. The van der Waals surface area contributed by atoms with E-state index in [0.717, 1.165) is 29.1 Å². The van der Waals surface area contributed by atoms with Gasteiger partial charge in [0.1, 0.15) is 0 Å². The summed E-state index contributed by atoms with van der Waals surface area (Å²) in [4.78, 5) is 24.9. The predicted octanol–water partition coefficient (Wildman–Crippen LogP) is 5.35. The molecule has 38 heavy (non-hydrogen) atoms. The number of allylic oxidation sites excluding steroid dienone is 2.